The molecule has 0 aliphatic carbocycles. The van der Waals surface area contributed by atoms with Gasteiger partial charge in [-0.05, 0) is 59.0 Å². The lowest BCUT2D eigenvalue weighted by molar-refractivity contribution is 0.405. The van der Waals surface area contributed by atoms with Gasteiger partial charge in [0.15, 0.2) is 0 Å². The van der Waals surface area contributed by atoms with Gasteiger partial charge >= 0.3 is 0 Å². The van der Waals surface area contributed by atoms with Crippen molar-refractivity contribution in [3.05, 3.63) is 57.2 Å². The summed E-state index contributed by atoms with van der Waals surface area (Å²) in [5.74, 6) is 1.20. The van der Waals surface area contributed by atoms with E-state index in [1.807, 2.05) is 12.1 Å². The summed E-state index contributed by atoms with van der Waals surface area (Å²) in [4.78, 5) is 0. The summed E-state index contributed by atoms with van der Waals surface area (Å²) in [7, 11) is 0. The van der Waals surface area contributed by atoms with Crippen LogP contribution in [0.3, 0.4) is 0 Å². The molecule has 2 aromatic rings. The first-order chi connectivity index (χ1) is 8.84. The van der Waals surface area contributed by atoms with E-state index in [-0.39, 0.29) is 0 Å². The van der Waals surface area contributed by atoms with Crippen molar-refractivity contribution < 1.29 is 0 Å². The molecule has 0 saturated carbocycles. The Kier molecular flexibility index (Phi) is 3.69. The van der Waals surface area contributed by atoms with E-state index in [1.165, 1.54) is 17.5 Å². The molecule has 1 aromatic heterocycles. The van der Waals surface area contributed by atoms with Crippen LogP contribution in [0.15, 0.2) is 41.1 Å². The highest BCUT2D eigenvalue weighted by Crippen LogP contribution is 2.38. The van der Waals surface area contributed by atoms with E-state index >= 15 is 0 Å². The molecule has 1 aromatic carbocycles. The second-order valence-electron chi connectivity index (χ2n) is 4.81. The van der Waals surface area contributed by atoms with Crippen LogP contribution in [0.1, 0.15) is 29.4 Å². The molecule has 0 radical (unpaired) electrons. The van der Waals surface area contributed by atoms with E-state index in [1.54, 1.807) is 11.3 Å². The molecule has 0 amide bonds. The minimum Gasteiger partial charge on any atom is -0.316 e. The molecular formula is C15H16ClNS. The molecule has 3 heteroatoms. The van der Waals surface area contributed by atoms with Crippen LogP contribution in [-0.2, 0) is 0 Å². The molecule has 2 unspecified atom stereocenters. The molecule has 1 fully saturated rings. The number of hydrogen-bond acceptors (Lipinski definition) is 2. The van der Waals surface area contributed by atoms with Crippen molar-refractivity contribution in [2.75, 3.05) is 13.1 Å². The maximum absolute atomic E-state index is 5.97. The van der Waals surface area contributed by atoms with Gasteiger partial charge in [0.2, 0.25) is 0 Å². The van der Waals surface area contributed by atoms with Gasteiger partial charge < -0.3 is 5.32 Å². The topological polar surface area (TPSA) is 12.0 Å². The number of thiophene rings is 1. The van der Waals surface area contributed by atoms with E-state index in [0.29, 0.717) is 11.8 Å². The van der Waals surface area contributed by atoms with Gasteiger partial charge in [0.1, 0.15) is 0 Å². The lowest BCUT2D eigenvalue weighted by Gasteiger charge is -2.32. The van der Waals surface area contributed by atoms with Gasteiger partial charge in [0.25, 0.3) is 0 Å². The first-order valence-electron chi connectivity index (χ1n) is 6.33. The van der Waals surface area contributed by atoms with Crippen LogP contribution < -0.4 is 5.32 Å². The van der Waals surface area contributed by atoms with Crippen molar-refractivity contribution in [3.8, 4) is 0 Å². The zero-order valence-corrected chi connectivity index (χ0v) is 11.7. The van der Waals surface area contributed by atoms with Crippen LogP contribution in [0.5, 0.6) is 0 Å². The van der Waals surface area contributed by atoms with Gasteiger partial charge in [0, 0.05) is 17.5 Å². The number of nitrogens with one attached hydrogen (secondary N) is 1. The zero-order chi connectivity index (χ0) is 12.4. The Hall–Kier alpha value is -0.830. The van der Waals surface area contributed by atoms with Crippen LogP contribution in [0, 0.1) is 0 Å². The highest BCUT2D eigenvalue weighted by atomic mass is 35.5. The Balaban J connectivity index is 1.90. The summed E-state index contributed by atoms with van der Waals surface area (Å²) in [6.07, 6.45) is 1.21. The molecule has 0 bridgehead atoms. The van der Waals surface area contributed by atoms with Gasteiger partial charge in [0.05, 0.1) is 0 Å². The zero-order valence-electron chi connectivity index (χ0n) is 10.1. The van der Waals surface area contributed by atoms with Crippen molar-refractivity contribution in [1.82, 2.24) is 5.32 Å². The minimum atomic E-state index is 0.561. The molecule has 1 nitrogen and oxygen atoms in total. The molecule has 18 heavy (non-hydrogen) atoms. The van der Waals surface area contributed by atoms with E-state index in [4.69, 9.17) is 11.6 Å². The molecule has 1 N–H and O–H groups in total. The van der Waals surface area contributed by atoms with Gasteiger partial charge in [-0.1, -0.05) is 23.7 Å². The summed E-state index contributed by atoms with van der Waals surface area (Å²) >= 11 is 7.76. The summed E-state index contributed by atoms with van der Waals surface area (Å²) in [6.45, 7) is 2.17. The quantitative estimate of drug-likeness (QED) is 0.865. The van der Waals surface area contributed by atoms with E-state index in [0.717, 1.165) is 18.1 Å². The Morgan fingerprint density at radius 1 is 1.06 bits per heavy atom. The number of halogens is 1. The summed E-state index contributed by atoms with van der Waals surface area (Å²) in [6, 6.07) is 10.6. The van der Waals surface area contributed by atoms with E-state index in [9.17, 15) is 0 Å². The maximum atomic E-state index is 5.97. The van der Waals surface area contributed by atoms with Crippen molar-refractivity contribution in [2.45, 2.75) is 18.3 Å². The van der Waals surface area contributed by atoms with Crippen molar-refractivity contribution >= 4 is 22.9 Å². The highest BCUT2D eigenvalue weighted by molar-refractivity contribution is 7.08. The molecule has 0 spiro atoms. The fraction of sp³-hybridized carbons (Fsp3) is 0.333. The smallest absolute Gasteiger partial charge is 0.0406 e. The van der Waals surface area contributed by atoms with Gasteiger partial charge in [-0.3, -0.25) is 0 Å². The molecule has 2 atom stereocenters. The standard InChI is InChI=1S/C15H16ClNS/c16-13-3-1-11(2-4-13)15-9-17-7-5-14(15)12-6-8-18-10-12/h1-4,6,8,10,14-15,17H,5,7,9H2. The number of rotatable bonds is 2. The first kappa shape index (κ1) is 12.2. The lowest BCUT2D eigenvalue weighted by atomic mass is 9.78. The van der Waals surface area contributed by atoms with Gasteiger partial charge in [-0.25, -0.2) is 0 Å². The van der Waals surface area contributed by atoms with Crippen molar-refractivity contribution in [1.29, 1.82) is 0 Å². The van der Waals surface area contributed by atoms with Crippen LogP contribution >= 0.6 is 22.9 Å². The largest absolute Gasteiger partial charge is 0.316 e. The van der Waals surface area contributed by atoms with Gasteiger partial charge in [-0.15, -0.1) is 0 Å². The Morgan fingerprint density at radius 3 is 2.61 bits per heavy atom. The first-order valence-corrected chi connectivity index (χ1v) is 7.65. The summed E-state index contributed by atoms with van der Waals surface area (Å²) < 4.78 is 0. The lowest BCUT2D eigenvalue weighted by Crippen LogP contribution is -2.33. The third-order valence-corrected chi connectivity index (χ3v) is 4.71. The van der Waals surface area contributed by atoms with Gasteiger partial charge in [-0.2, -0.15) is 11.3 Å². The molecule has 3 rings (SSSR count). The summed E-state index contributed by atoms with van der Waals surface area (Å²) in [5.41, 5.74) is 2.88. The average molecular weight is 278 g/mol. The van der Waals surface area contributed by atoms with E-state index in [2.05, 4.69) is 34.3 Å². The predicted molar refractivity (Wildman–Crippen MR) is 78.7 cm³/mol. The molecule has 94 valence electrons. The van der Waals surface area contributed by atoms with Crippen molar-refractivity contribution in [2.24, 2.45) is 0 Å². The Labute approximate surface area is 117 Å². The fourth-order valence-corrected chi connectivity index (χ4v) is 3.65. The Morgan fingerprint density at radius 2 is 1.89 bits per heavy atom. The highest BCUT2D eigenvalue weighted by Gasteiger charge is 2.27. The van der Waals surface area contributed by atoms with Crippen LogP contribution in [0.4, 0.5) is 0 Å². The molecular weight excluding hydrogens is 262 g/mol. The fourth-order valence-electron chi connectivity index (χ4n) is 2.80. The molecule has 1 saturated heterocycles. The summed E-state index contributed by atoms with van der Waals surface area (Å²) in [5, 5.41) is 8.79. The number of piperidine rings is 1. The monoisotopic (exact) mass is 277 g/mol. The number of benzene rings is 1. The van der Waals surface area contributed by atoms with Crippen molar-refractivity contribution in [3.63, 3.8) is 0 Å². The van der Waals surface area contributed by atoms with Crippen LogP contribution in [0.25, 0.3) is 0 Å². The Bertz CT molecular complexity index is 492. The average Bonchev–Trinajstić information content (AvgIpc) is 2.93. The normalized spacial score (nSPS) is 24.1. The second kappa shape index (κ2) is 5.43. The predicted octanol–water partition coefficient (Wildman–Crippen LogP) is 4.26. The third-order valence-electron chi connectivity index (χ3n) is 3.75. The van der Waals surface area contributed by atoms with Crippen LogP contribution in [-0.4, -0.2) is 13.1 Å². The number of hydrogen-bond donors (Lipinski definition) is 1. The molecule has 1 aliphatic rings. The molecule has 2 heterocycles. The van der Waals surface area contributed by atoms with E-state index < -0.39 is 0 Å². The third kappa shape index (κ3) is 2.46. The molecule has 1 aliphatic heterocycles. The second-order valence-corrected chi connectivity index (χ2v) is 6.03. The SMILES string of the molecule is Clc1ccc(C2CNCCC2c2ccsc2)cc1. The van der Waals surface area contributed by atoms with Crippen LogP contribution in [0.2, 0.25) is 5.02 Å². The minimum absolute atomic E-state index is 0.561. The maximum Gasteiger partial charge on any atom is 0.0406 e.